The summed E-state index contributed by atoms with van der Waals surface area (Å²) >= 11 is 7.93. The third-order valence-electron chi connectivity index (χ3n) is 6.66. The normalized spacial score (nSPS) is 20.0. The molecule has 3 N–H and O–H groups in total. The number of piperidine rings is 1. The van der Waals surface area contributed by atoms with Gasteiger partial charge in [0, 0.05) is 42.9 Å². The standard InChI is InChI=1S/C24H31ClN6O7S4/c1-15-23(40-24(27-15)28-16(2)32)42(37,38)26-13-17-5-3-11-31(17)21(33)14-30-10-4-6-19(22(30)34)29-41(35,36)12-9-18-7-8-20(25)39-18/h7-9,12,17,19,26,29H,3-6,10-11,13-14H2,1-2H3,(H,27,28,32)/b12-9+/t17-,19-/m0/s1. The summed E-state index contributed by atoms with van der Waals surface area (Å²) in [5.74, 6) is -1.20. The number of nitrogens with one attached hydrogen (secondary N) is 3. The van der Waals surface area contributed by atoms with Gasteiger partial charge in [-0.25, -0.2) is 26.5 Å². The molecule has 0 unspecified atom stereocenters. The van der Waals surface area contributed by atoms with Gasteiger partial charge in [-0.15, -0.1) is 11.3 Å². The van der Waals surface area contributed by atoms with Crippen molar-refractivity contribution in [2.45, 2.75) is 55.8 Å². The maximum atomic E-state index is 13.2. The highest BCUT2D eigenvalue weighted by molar-refractivity contribution is 7.92. The quantitative estimate of drug-likeness (QED) is 0.323. The SMILES string of the molecule is CC(=O)Nc1nc(C)c(S(=O)(=O)NC[C@@H]2CCCN2C(=O)CN2CCC[C@H](NS(=O)(=O)/C=C/c3ccc(Cl)s3)C2=O)s1. The smallest absolute Gasteiger partial charge is 0.252 e. The van der Waals surface area contributed by atoms with E-state index in [1.165, 1.54) is 36.2 Å². The van der Waals surface area contributed by atoms with Gasteiger partial charge in [0.1, 0.15) is 6.04 Å². The van der Waals surface area contributed by atoms with E-state index < -0.39 is 38.0 Å². The number of thiophene rings is 1. The first kappa shape index (κ1) is 32.5. The molecule has 3 amide bonds. The Balaban J connectivity index is 1.34. The number of anilines is 1. The Morgan fingerprint density at radius 2 is 1.88 bits per heavy atom. The highest BCUT2D eigenvalue weighted by atomic mass is 35.5. The summed E-state index contributed by atoms with van der Waals surface area (Å²) in [4.78, 5) is 45.2. The van der Waals surface area contributed by atoms with Crippen LogP contribution in [0.1, 0.15) is 43.2 Å². The second-order valence-electron chi connectivity index (χ2n) is 9.87. The third kappa shape index (κ3) is 8.36. The summed E-state index contributed by atoms with van der Waals surface area (Å²) in [5.41, 5.74) is 0.246. The number of nitrogens with zero attached hydrogens (tertiary/aromatic N) is 3. The maximum Gasteiger partial charge on any atom is 0.252 e. The summed E-state index contributed by atoms with van der Waals surface area (Å²) in [7, 11) is -7.88. The minimum atomic E-state index is -3.95. The third-order valence-corrected chi connectivity index (χ3v) is 12.1. The van der Waals surface area contributed by atoms with Crippen LogP contribution in [-0.2, 0) is 34.4 Å². The molecule has 0 aliphatic carbocycles. The Kier molecular flexibility index (Phi) is 10.4. The van der Waals surface area contributed by atoms with Crippen LogP contribution in [0.2, 0.25) is 4.34 Å². The second kappa shape index (κ2) is 13.5. The Morgan fingerprint density at radius 3 is 2.57 bits per heavy atom. The van der Waals surface area contributed by atoms with Crippen molar-refractivity contribution in [3.8, 4) is 0 Å². The fourth-order valence-corrected chi connectivity index (χ4v) is 9.40. The van der Waals surface area contributed by atoms with Gasteiger partial charge in [-0.1, -0.05) is 22.9 Å². The van der Waals surface area contributed by atoms with E-state index in [2.05, 4.69) is 19.7 Å². The van der Waals surface area contributed by atoms with Gasteiger partial charge in [0.15, 0.2) is 9.34 Å². The van der Waals surface area contributed by atoms with Crippen molar-refractivity contribution in [1.82, 2.24) is 24.2 Å². The molecule has 2 saturated heterocycles. The predicted octanol–water partition coefficient (Wildman–Crippen LogP) is 1.98. The molecule has 18 heteroatoms. The van der Waals surface area contributed by atoms with Crippen molar-refractivity contribution >= 4 is 83.3 Å². The average molecular weight is 679 g/mol. The molecular formula is C24H31ClN6O7S4. The van der Waals surface area contributed by atoms with Gasteiger partial charge in [0.05, 0.1) is 16.6 Å². The van der Waals surface area contributed by atoms with Crippen molar-refractivity contribution in [2.24, 2.45) is 0 Å². The summed E-state index contributed by atoms with van der Waals surface area (Å²) in [5, 5.41) is 3.63. The number of aryl methyl sites for hydroxylation is 1. The average Bonchev–Trinajstić information content (AvgIpc) is 3.63. The van der Waals surface area contributed by atoms with Gasteiger partial charge < -0.3 is 15.1 Å². The minimum Gasteiger partial charge on any atom is -0.337 e. The zero-order valence-electron chi connectivity index (χ0n) is 22.8. The lowest BCUT2D eigenvalue weighted by Gasteiger charge is -2.34. The molecule has 2 aromatic rings. The molecule has 0 spiro atoms. The number of amides is 3. The van der Waals surface area contributed by atoms with Crippen LogP contribution in [0.5, 0.6) is 0 Å². The Hall–Kier alpha value is -2.41. The van der Waals surface area contributed by atoms with E-state index in [1.54, 1.807) is 17.0 Å². The fourth-order valence-electron chi connectivity index (χ4n) is 4.76. The van der Waals surface area contributed by atoms with Crippen LogP contribution >= 0.6 is 34.3 Å². The van der Waals surface area contributed by atoms with Crippen molar-refractivity contribution in [3.05, 3.63) is 32.4 Å². The molecular weight excluding hydrogens is 648 g/mol. The lowest BCUT2D eigenvalue weighted by atomic mass is 10.1. The Bertz CT molecular complexity index is 1590. The molecule has 4 rings (SSSR count). The van der Waals surface area contributed by atoms with E-state index >= 15 is 0 Å². The van der Waals surface area contributed by atoms with Crippen molar-refractivity contribution in [2.75, 3.05) is 31.5 Å². The lowest BCUT2D eigenvalue weighted by Crippen LogP contribution is -2.55. The molecule has 2 aliphatic heterocycles. The van der Waals surface area contributed by atoms with Gasteiger partial charge in [-0.2, -0.15) is 4.72 Å². The van der Waals surface area contributed by atoms with Crippen molar-refractivity contribution in [1.29, 1.82) is 0 Å². The number of carbonyl (C=O) groups is 3. The minimum absolute atomic E-state index is 0.0245. The zero-order chi connectivity index (χ0) is 30.7. The number of thiazole rings is 1. The second-order valence-corrected chi connectivity index (χ2v) is 16.2. The number of likely N-dealkylation sites (tertiary alicyclic amines) is 2. The molecule has 0 bridgehead atoms. The molecule has 42 heavy (non-hydrogen) atoms. The molecule has 2 atom stereocenters. The summed E-state index contributed by atoms with van der Waals surface area (Å²) in [6.45, 7) is 3.27. The monoisotopic (exact) mass is 678 g/mol. The van der Waals surface area contributed by atoms with Crippen molar-refractivity contribution < 1.29 is 31.2 Å². The van der Waals surface area contributed by atoms with Gasteiger partial charge in [-0.05, 0) is 50.8 Å². The zero-order valence-corrected chi connectivity index (χ0v) is 26.9. The summed E-state index contributed by atoms with van der Waals surface area (Å²) < 4.78 is 56.5. The van der Waals surface area contributed by atoms with Crippen LogP contribution in [0.15, 0.2) is 21.7 Å². The number of sulfonamides is 2. The number of hydrogen-bond donors (Lipinski definition) is 3. The van der Waals surface area contributed by atoms with Gasteiger partial charge >= 0.3 is 0 Å². The molecule has 230 valence electrons. The summed E-state index contributed by atoms with van der Waals surface area (Å²) in [6, 6.07) is 1.91. The molecule has 13 nitrogen and oxygen atoms in total. The lowest BCUT2D eigenvalue weighted by molar-refractivity contribution is -0.143. The predicted molar refractivity (Wildman–Crippen MR) is 161 cm³/mol. The molecule has 2 fully saturated rings. The van der Waals surface area contributed by atoms with Crippen LogP contribution in [0, 0.1) is 6.92 Å². The molecule has 0 radical (unpaired) electrons. The van der Waals surface area contributed by atoms with E-state index in [4.69, 9.17) is 11.6 Å². The number of hydrogen-bond acceptors (Lipinski definition) is 10. The molecule has 2 aromatic heterocycles. The first-order chi connectivity index (χ1) is 19.7. The molecule has 4 heterocycles. The highest BCUT2D eigenvalue weighted by Gasteiger charge is 2.36. The Labute approximate surface area is 257 Å². The molecule has 2 aliphatic rings. The van der Waals surface area contributed by atoms with Crippen LogP contribution < -0.4 is 14.8 Å². The number of rotatable bonds is 11. The topological polar surface area (TPSA) is 175 Å². The van der Waals surface area contributed by atoms with E-state index in [9.17, 15) is 31.2 Å². The largest absolute Gasteiger partial charge is 0.337 e. The number of aromatic nitrogens is 1. The van der Waals surface area contributed by atoms with E-state index in [0.717, 1.165) is 16.7 Å². The van der Waals surface area contributed by atoms with Gasteiger partial charge in [0.25, 0.3) is 10.0 Å². The first-order valence-electron chi connectivity index (χ1n) is 13.0. The van der Waals surface area contributed by atoms with Crippen LogP contribution in [0.3, 0.4) is 0 Å². The highest BCUT2D eigenvalue weighted by Crippen LogP contribution is 2.28. The molecule has 0 saturated carbocycles. The Morgan fingerprint density at radius 1 is 1.14 bits per heavy atom. The van der Waals surface area contributed by atoms with Gasteiger partial charge in [0.2, 0.25) is 27.7 Å². The van der Waals surface area contributed by atoms with Crippen LogP contribution in [-0.4, -0.2) is 87.6 Å². The fraction of sp³-hybridized carbons (Fsp3) is 0.500. The number of halogens is 1. The summed E-state index contributed by atoms with van der Waals surface area (Å²) in [6.07, 6.45) is 3.45. The van der Waals surface area contributed by atoms with Crippen molar-refractivity contribution in [3.63, 3.8) is 0 Å². The molecule has 0 aromatic carbocycles. The van der Waals surface area contributed by atoms with Crippen LogP contribution in [0.25, 0.3) is 6.08 Å². The maximum absolute atomic E-state index is 13.2. The first-order valence-corrected chi connectivity index (χ1v) is 18.1. The van der Waals surface area contributed by atoms with E-state index in [1.807, 2.05) is 0 Å². The van der Waals surface area contributed by atoms with Gasteiger partial charge in [-0.3, -0.25) is 14.4 Å². The van der Waals surface area contributed by atoms with Crippen LogP contribution in [0.4, 0.5) is 5.13 Å². The van der Waals surface area contributed by atoms with E-state index in [0.29, 0.717) is 48.0 Å². The van der Waals surface area contributed by atoms with E-state index in [-0.39, 0.29) is 39.9 Å². The number of carbonyl (C=O) groups excluding carboxylic acids is 3.